The average Bonchev–Trinajstić information content (AvgIpc) is 3.31. The summed E-state index contributed by atoms with van der Waals surface area (Å²) in [4.78, 5) is 32.2. The monoisotopic (exact) mass is 666 g/mol. The molecule has 0 unspecified atom stereocenters. The van der Waals surface area contributed by atoms with Gasteiger partial charge in [-0.15, -0.1) is 13.2 Å². The number of carbonyl (C=O) groups excluding carboxylic acids is 2. The van der Waals surface area contributed by atoms with E-state index in [1.54, 1.807) is 30.9 Å². The second-order valence-corrected chi connectivity index (χ2v) is 13.6. The molecule has 0 atom stereocenters. The normalized spacial score (nSPS) is 19.5. The maximum atomic E-state index is 13.9. The zero-order chi connectivity index (χ0) is 33.4. The van der Waals surface area contributed by atoms with Gasteiger partial charge in [-0.1, -0.05) is 0 Å². The van der Waals surface area contributed by atoms with Gasteiger partial charge in [0.05, 0.1) is 0 Å². The van der Waals surface area contributed by atoms with Crippen LogP contribution in [0.2, 0.25) is 0 Å². The second-order valence-electron chi connectivity index (χ2n) is 11.8. The fraction of sp³-hybridized carbons (Fsp3) is 0.452. The second kappa shape index (κ2) is 12.8. The molecule has 10 nitrogen and oxygen atoms in total. The summed E-state index contributed by atoms with van der Waals surface area (Å²) in [5, 5.41) is 13.0. The summed E-state index contributed by atoms with van der Waals surface area (Å²) in [5.41, 5.74) is 1.31. The van der Waals surface area contributed by atoms with Crippen molar-refractivity contribution in [3.63, 3.8) is 0 Å². The van der Waals surface area contributed by atoms with Gasteiger partial charge in [-0.2, -0.15) is 4.31 Å². The number of aliphatic imine (C=N–C) groups is 1. The van der Waals surface area contributed by atoms with Crippen molar-refractivity contribution in [1.82, 2.24) is 14.5 Å². The van der Waals surface area contributed by atoms with Gasteiger partial charge in [-0.3, -0.25) is 14.6 Å². The van der Waals surface area contributed by atoms with Crippen LogP contribution in [0.3, 0.4) is 0 Å². The molecule has 2 saturated heterocycles. The first kappa shape index (κ1) is 33.5. The number of nitrogens with one attached hydrogen (secondary N) is 1. The SMILES string of the molecule is Cc1cc(C(=O)N2CCC(CO)CC2)cc(C)c1/C=C/S(=O)(=O)N1CCC2(CC1)N=C(c1ccc(F)c(OC(F)(F)F)c1)NC2=O. The van der Waals surface area contributed by atoms with Gasteiger partial charge >= 0.3 is 6.36 Å². The Kier molecular flexibility index (Phi) is 9.30. The number of benzene rings is 2. The number of aliphatic hydroxyl groups is 1. The van der Waals surface area contributed by atoms with Crippen LogP contribution in [0, 0.1) is 25.6 Å². The number of aliphatic hydroxyl groups excluding tert-OH is 1. The molecule has 2 fully saturated rings. The van der Waals surface area contributed by atoms with E-state index in [0.29, 0.717) is 24.2 Å². The third-order valence-corrected chi connectivity index (χ3v) is 10.3. The Bertz CT molecular complexity index is 1670. The molecule has 0 aromatic heterocycles. The summed E-state index contributed by atoms with van der Waals surface area (Å²) >= 11 is 0. The number of alkyl halides is 3. The molecule has 46 heavy (non-hydrogen) atoms. The van der Waals surface area contributed by atoms with Crippen LogP contribution >= 0.6 is 0 Å². The summed E-state index contributed by atoms with van der Waals surface area (Å²) in [5.74, 6) is -2.80. The molecular weight excluding hydrogens is 632 g/mol. The molecule has 0 bridgehead atoms. The van der Waals surface area contributed by atoms with Gasteiger partial charge in [0.25, 0.3) is 11.8 Å². The van der Waals surface area contributed by atoms with Crippen molar-refractivity contribution >= 4 is 33.7 Å². The van der Waals surface area contributed by atoms with E-state index in [0.717, 1.165) is 47.6 Å². The lowest BCUT2D eigenvalue weighted by atomic mass is 9.89. The maximum Gasteiger partial charge on any atom is 0.573 e. The van der Waals surface area contributed by atoms with Gasteiger partial charge in [-0.25, -0.2) is 12.8 Å². The number of amides is 2. The number of aryl methyl sites for hydroxylation is 2. The van der Waals surface area contributed by atoms with E-state index in [9.17, 15) is 40.7 Å². The van der Waals surface area contributed by atoms with E-state index in [1.807, 2.05) is 0 Å². The molecule has 2 amide bonds. The van der Waals surface area contributed by atoms with Crippen molar-refractivity contribution in [3.05, 3.63) is 69.4 Å². The molecule has 3 aliphatic heterocycles. The Labute approximate surface area is 263 Å². The van der Waals surface area contributed by atoms with Crippen LogP contribution in [0.5, 0.6) is 5.75 Å². The minimum Gasteiger partial charge on any atom is -0.403 e. The number of ether oxygens (including phenoxy) is 1. The Morgan fingerprint density at radius 2 is 1.74 bits per heavy atom. The van der Waals surface area contributed by atoms with Gasteiger partial charge in [0.1, 0.15) is 11.4 Å². The summed E-state index contributed by atoms with van der Waals surface area (Å²) in [7, 11) is -3.91. The van der Waals surface area contributed by atoms with Crippen molar-refractivity contribution < 1.29 is 45.4 Å². The lowest BCUT2D eigenvalue weighted by molar-refractivity contribution is -0.275. The highest BCUT2D eigenvalue weighted by molar-refractivity contribution is 7.92. The molecule has 5 rings (SSSR count). The number of nitrogens with zero attached hydrogens (tertiary/aromatic N) is 3. The molecule has 15 heteroatoms. The van der Waals surface area contributed by atoms with Crippen molar-refractivity contribution in [2.75, 3.05) is 32.8 Å². The van der Waals surface area contributed by atoms with Crippen molar-refractivity contribution in [2.24, 2.45) is 10.9 Å². The number of rotatable bonds is 7. The number of hydrogen-bond acceptors (Lipinski definition) is 7. The van der Waals surface area contributed by atoms with Gasteiger partial charge in [0.15, 0.2) is 11.6 Å². The summed E-state index contributed by atoms with van der Waals surface area (Å²) in [6.07, 6.45) is -2.11. The number of piperidine rings is 2. The minimum atomic E-state index is -5.12. The van der Waals surface area contributed by atoms with Crippen LogP contribution in [0.4, 0.5) is 17.6 Å². The molecule has 0 radical (unpaired) electrons. The third-order valence-electron chi connectivity index (χ3n) is 8.73. The quantitative estimate of drug-likeness (QED) is 0.432. The first-order valence-electron chi connectivity index (χ1n) is 14.8. The zero-order valence-electron chi connectivity index (χ0n) is 25.2. The number of halogens is 4. The maximum absolute atomic E-state index is 13.9. The van der Waals surface area contributed by atoms with E-state index in [1.165, 1.54) is 10.4 Å². The molecule has 0 saturated carbocycles. The fourth-order valence-electron chi connectivity index (χ4n) is 6.06. The smallest absolute Gasteiger partial charge is 0.403 e. The summed E-state index contributed by atoms with van der Waals surface area (Å²) in [6, 6.07) is 6.19. The number of hydrogen-bond donors (Lipinski definition) is 2. The van der Waals surface area contributed by atoms with Crippen LogP contribution < -0.4 is 10.1 Å². The van der Waals surface area contributed by atoms with E-state index < -0.39 is 39.4 Å². The summed E-state index contributed by atoms with van der Waals surface area (Å²) < 4.78 is 83.3. The minimum absolute atomic E-state index is 0.00795. The number of likely N-dealkylation sites (tertiary alicyclic amines) is 1. The Morgan fingerprint density at radius 1 is 1.11 bits per heavy atom. The highest BCUT2D eigenvalue weighted by Crippen LogP contribution is 2.34. The lowest BCUT2D eigenvalue weighted by Crippen LogP contribution is -2.50. The van der Waals surface area contributed by atoms with E-state index >= 15 is 0 Å². The van der Waals surface area contributed by atoms with Gasteiger partial charge in [0.2, 0.25) is 10.0 Å². The Hall–Kier alpha value is -3.82. The van der Waals surface area contributed by atoms with Gasteiger partial charge in [-0.05, 0) is 98.5 Å². The zero-order valence-corrected chi connectivity index (χ0v) is 26.0. The Balaban J connectivity index is 1.26. The van der Waals surface area contributed by atoms with Crippen LogP contribution in [-0.4, -0.2) is 85.1 Å². The molecule has 1 spiro atoms. The molecule has 0 aliphatic carbocycles. The first-order valence-corrected chi connectivity index (χ1v) is 16.3. The molecular formula is C31H34F4N4O6S. The largest absolute Gasteiger partial charge is 0.573 e. The van der Waals surface area contributed by atoms with E-state index in [2.05, 4.69) is 15.0 Å². The molecule has 248 valence electrons. The van der Waals surface area contributed by atoms with E-state index in [4.69, 9.17) is 0 Å². The van der Waals surface area contributed by atoms with Crippen molar-refractivity contribution in [1.29, 1.82) is 0 Å². The lowest BCUT2D eigenvalue weighted by Gasteiger charge is -2.34. The third kappa shape index (κ3) is 7.10. The van der Waals surface area contributed by atoms with E-state index in [-0.39, 0.29) is 55.8 Å². The molecule has 3 aliphatic rings. The van der Waals surface area contributed by atoms with Crippen LogP contribution in [0.15, 0.2) is 40.7 Å². The number of amidine groups is 1. The topological polar surface area (TPSA) is 129 Å². The highest BCUT2D eigenvalue weighted by Gasteiger charge is 2.47. The predicted molar refractivity (Wildman–Crippen MR) is 161 cm³/mol. The van der Waals surface area contributed by atoms with Crippen molar-refractivity contribution in [2.45, 2.75) is 51.4 Å². The van der Waals surface area contributed by atoms with Gasteiger partial charge in [0, 0.05) is 49.3 Å². The fourth-order valence-corrected chi connectivity index (χ4v) is 7.23. The number of sulfonamides is 1. The molecule has 2 aromatic carbocycles. The van der Waals surface area contributed by atoms with Crippen LogP contribution in [0.25, 0.3) is 6.08 Å². The molecule has 3 heterocycles. The average molecular weight is 667 g/mol. The van der Waals surface area contributed by atoms with Gasteiger partial charge < -0.3 is 20.1 Å². The van der Waals surface area contributed by atoms with Crippen LogP contribution in [0.1, 0.15) is 58.3 Å². The molecule has 2 aromatic rings. The predicted octanol–water partition coefficient (Wildman–Crippen LogP) is 3.90. The van der Waals surface area contributed by atoms with Crippen molar-refractivity contribution in [3.8, 4) is 5.75 Å². The standard InChI is InChI=1S/C31H34F4N4O6S/c1-19-15-23(28(41)38-10-5-21(18-40)6-11-38)16-20(2)24(19)7-14-46(43,44)39-12-8-30(9-13-39)29(42)36-27(37-30)22-3-4-25(32)26(17-22)45-31(33,34)35/h3-4,7,14-17,21,40H,5-6,8-13,18H2,1-2H3,(H,36,37,42)/b14-7+. The van der Waals surface area contributed by atoms with Crippen LogP contribution in [-0.2, 0) is 14.8 Å². The molecule has 2 N–H and O–H groups in total. The first-order chi connectivity index (χ1) is 21.6. The highest BCUT2D eigenvalue weighted by atomic mass is 32.2. The summed E-state index contributed by atoms with van der Waals surface area (Å²) in [6.45, 7) is 4.76. The number of carbonyl (C=O) groups is 2. The Morgan fingerprint density at radius 3 is 2.33 bits per heavy atom.